The molecule has 130 valence electrons. The van der Waals surface area contributed by atoms with E-state index in [-0.39, 0.29) is 0 Å². The van der Waals surface area contributed by atoms with Crippen LogP contribution >= 0.6 is 0 Å². The first-order chi connectivity index (χ1) is 12.2. The molecule has 1 fully saturated rings. The molecule has 0 aromatic heterocycles. The normalized spacial score (nSPS) is 21.5. The molecule has 0 heterocycles. The standard InChI is InChI=1S/C24H29N/c1-3-7-18(2)20-11-13-22(14-12-20)24-16-19(17-25)10-15-23(24)21-8-5-4-6-9-21/h4-6,8-10,15-16,18,20,22H,3,7,11-14H2,1-2H3/t18?,20-,22-. The monoisotopic (exact) mass is 331 g/mol. The Labute approximate surface area is 152 Å². The van der Waals surface area contributed by atoms with Crippen LogP contribution in [0.4, 0.5) is 0 Å². The van der Waals surface area contributed by atoms with Crippen LogP contribution in [-0.2, 0) is 0 Å². The predicted octanol–water partition coefficient (Wildman–Crippen LogP) is 6.94. The summed E-state index contributed by atoms with van der Waals surface area (Å²) >= 11 is 0. The number of rotatable bonds is 5. The molecule has 1 aliphatic carbocycles. The highest BCUT2D eigenvalue weighted by Crippen LogP contribution is 2.42. The number of benzene rings is 2. The van der Waals surface area contributed by atoms with Gasteiger partial charge in [-0.3, -0.25) is 0 Å². The van der Waals surface area contributed by atoms with E-state index in [9.17, 15) is 5.26 Å². The Balaban J connectivity index is 1.84. The molecule has 3 rings (SSSR count). The number of hydrogen-bond donors (Lipinski definition) is 0. The minimum atomic E-state index is 0.591. The van der Waals surface area contributed by atoms with E-state index in [2.05, 4.69) is 62.4 Å². The molecule has 0 saturated heterocycles. The van der Waals surface area contributed by atoms with Crippen LogP contribution in [0.3, 0.4) is 0 Å². The van der Waals surface area contributed by atoms with E-state index in [4.69, 9.17) is 0 Å². The molecule has 2 aromatic rings. The Hall–Kier alpha value is -2.07. The van der Waals surface area contributed by atoms with Crippen molar-refractivity contribution in [3.8, 4) is 17.2 Å². The Kier molecular flexibility index (Phi) is 5.92. The van der Waals surface area contributed by atoms with Gasteiger partial charge in [-0.05, 0) is 72.3 Å². The lowest BCUT2D eigenvalue weighted by molar-refractivity contribution is 0.235. The van der Waals surface area contributed by atoms with Gasteiger partial charge in [0.2, 0.25) is 0 Å². The molecular weight excluding hydrogens is 302 g/mol. The Morgan fingerprint density at radius 3 is 2.40 bits per heavy atom. The summed E-state index contributed by atoms with van der Waals surface area (Å²) in [7, 11) is 0. The van der Waals surface area contributed by atoms with Gasteiger partial charge in [-0.15, -0.1) is 0 Å². The second kappa shape index (κ2) is 8.34. The second-order valence-corrected chi connectivity index (χ2v) is 7.66. The molecular formula is C24H29N. The van der Waals surface area contributed by atoms with E-state index in [0.29, 0.717) is 5.92 Å². The van der Waals surface area contributed by atoms with Gasteiger partial charge >= 0.3 is 0 Å². The molecule has 0 bridgehead atoms. The molecule has 1 saturated carbocycles. The van der Waals surface area contributed by atoms with Crippen LogP contribution in [0.5, 0.6) is 0 Å². The summed E-state index contributed by atoms with van der Waals surface area (Å²) in [5.41, 5.74) is 4.75. The van der Waals surface area contributed by atoms with Crippen LogP contribution in [0.25, 0.3) is 11.1 Å². The van der Waals surface area contributed by atoms with E-state index >= 15 is 0 Å². The first-order valence-corrected chi connectivity index (χ1v) is 9.82. The molecule has 25 heavy (non-hydrogen) atoms. The summed E-state index contributed by atoms with van der Waals surface area (Å²) in [5, 5.41) is 9.35. The zero-order valence-corrected chi connectivity index (χ0v) is 15.5. The molecule has 2 aromatic carbocycles. The lowest BCUT2D eigenvalue weighted by Gasteiger charge is -2.33. The molecule has 1 nitrogen and oxygen atoms in total. The van der Waals surface area contributed by atoms with Crippen LogP contribution in [0.15, 0.2) is 48.5 Å². The predicted molar refractivity (Wildman–Crippen MR) is 105 cm³/mol. The maximum atomic E-state index is 9.35. The van der Waals surface area contributed by atoms with E-state index in [1.807, 2.05) is 6.07 Å². The fourth-order valence-electron chi connectivity index (χ4n) is 4.54. The summed E-state index contributed by atoms with van der Waals surface area (Å²) in [6.45, 7) is 4.72. The van der Waals surface area contributed by atoms with Crippen LogP contribution in [0.1, 0.15) is 69.4 Å². The molecule has 0 N–H and O–H groups in total. The molecule has 0 aliphatic heterocycles. The summed E-state index contributed by atoms with van der Waals surface area (Å²) in [6, 6.07) is 19.2. The van der Waals surface area contributed by atoms with Gasteiger partial charge in [0, 0.05) is 0 Å². The van der Waals surface area contributed by atoms with Gasteiger partial charge in [0.15, 0.2) is 0 Å². The quantitative estimate of drug-likeness (QED) is 0.582. The van der Waals surface area contributed by atoms with Gasteiger partial charge in [0.05, 0.1) is 11.6 Å². The minimum Gasteiger partial charge on any atom is -0.192 e. The third-order valence-corrected chi connectivity index (χ3v) is 6.03. The minimum absolute atomic E-state index is 0.591. The third kappa shape index (κ3) is 4.13. The summed E-state index contributed by atoms with van der Waals surface area (Å²) < 4.78 is 0. The highest BCUT2D eigenvalue weighted by atomic mass is 14.3. The van der Waals surface area contributed by atoms with Gasteiger partial charge in [-0.25, -0.2) is 0 Å². The average Bonchev–Trinajstić information content (AvgIpc) is 2.68. The van der Waals surface area contributed by atoms with E-state index in [0.717, 1.165) is 17.4 Å². The van der Waals surface area contributed by atoms with Crippen molar-refractivity contribution < 1.29 is 0 Å². The largest absolute Gasteiger partial charge is 0.192 e. The molecule has 1 heteroatoms. The second-order valence-electron chi connectivity index (χ2n) is 7.66. The molecule has 0 spiro atoms. The van der Waals surface area contributed by atoms with Gasteiger partial charge < -0.3 is 0 Å². The first-order valence-electron chi connectivity index (χ1n) is 9.82. The highest BCUT2D eigenvalue weighted by Gasteiger charge is 2.27. The van der Waals surface area contributed by atoms with Gasteiger partial charge in [0.25, 0.3) is 0 Å². The van der Waals surface area contributed by atoms with Crippen LogP contribution in [-0.4, -0.2) is 0 Å². The summed E-state index contributed by atoms with van der Waals surface area (Å²) in [4.78, 5) is 0. The third-order valence-electron chi connectivity index (χ3n) is 6.03. The first kappa shape index (κ1) is 17.7. The zero-order valence-electron chi connectivity index (χ0n) is 15.5. The zero-order chi connectivity index (χ0) is 17.6. The fourth-order valence-corrected chi connectivity index (χ4v) is 4.54. The number of nitriles is 1. The van der Waals surface area contributed by atoms with Gasteiger partial charge in [-0.1, -0.05) is 63.1 Å². The topological polar surface area (TPSA) is 23.8 Å². The Bertz CT molecular complexity index is 718. The van der Waals surface area contributed by atoms with Crippen molar-refractivity contribution in [1.29, 1.82) is 5.26 Å². The molecule has 1 unspecified atom stereocenters. The average molecular weight is 332 g/mol. The van der Waals surface area contributed by atoms with E-state index in [1.165, 1.54) is 55.2 Å². The van der Waals surface area contributed by atoms with Crippen molar-refractivity contribution in [2.24, 2.45) is 11.8 Å². The van der Waals surface area contributed by atoms with Crippen molar-refractivity contribution in [1.82, 2.24) is 0 Å². The fraction of sp³-hybridized carbons (Fsp3) is 0.458. The Morgan fingerprint density at radius 1 is 1.04 bits per heavy atom. The number of nitrogens with zero attached hydrogens (tertiary/aromatic N) is 1. The van der Waals surface area contributed by atoms with Crippen molar-refractivity contribution in [2.75, 3.05) is 0 Å². The smallest absolute Gasteiger partial charge is 0.0991 e. The van der Waals surface area contributed by atoms with Crippen molar-refractivity contribution in [2.45, 2.75) is 58.3 Å². The molecule has 0 radical (unpaired) electrons. The maximum Gasteiger partial charge on any atom is 0.0991 e. The number of hydrogen-bond acceptors (Lipinski definition) is 1. The molecule has 0 amide bonds. The van der Waals surface area contributed by atoms with Gasteiger partial charge in [-0.2, -0.15) is 5.26 Å². The van der Waals surface area contributed by atoms with Crippen LogP contribution < -0.4 is 0 Å². The van der Waals surface area contributed by atoms with Crippen molar-refractivity contribution >= 4 is 0 Å². The summed E-state index contributed by atoms with van der Waals surface area (Å²) in [5.74, 6) is 2.33. The summed E-state index contributed by atoms with van der Waals surface area (Å²) in [6.07, 6.45) is 7.83. The lowest BCUT2D eigenvalue weighted by Crippen LogP contribution is -2.19. The SMILES string of the molecule is CCCC(C)[C@H]1CC[C@H](c2cc(C#N)ccc2-c2ccccc2)CC1. The lowest BCUT2D eigenvalue weighted by atomic mass is 9.72. The van der Waals surface area contributed by atoms with Crippen molar-refractivity contribution in [3.63, 3.8) is 0 Å². The maximum absolute atomic E-state index is 9.35. The van der Waals surface area contributed by atoms with E-state index < -0.39 is 0 Å². The Morgan fingerprint density at radius 2 is 1.76 bits per heavy atom. The van der Waals surface area contributed by atoms with Crippen molar-refractivity contribution in [3.05, 3.63) is 59.7 Å². The van der Waals surface area contributed by atoms with Gasteiger partial charge in [0.1, 0.15) is 0 Å². The molecule has 1 atom stereocenters. The van der Waals surface area contributed by atoms with Crippen LogP contribution in [0.2, 0.25) is 0 Å². The molecule has 1 aliphatic rings. The van der Waals surface area contributed by atoms with Crippen LogP contribution in [0, 0.1) is 23.2 Å². The highest BCUT2D eigenvalue weighted by molar-refractivity contribution is 5.69. The van der Waals surface area contributed by atoms with E-state index in [1.54, 1.807) is 0 Å².